The van der Waals surface area contributed by atoms with Gasteiger partial charge in [0.05, 0.1) is 25.3 Å². The van der Waals surface area contributed by atoms with Crippen LogP contribution in [0.2, 0.25) is 0 Å². The fraction of sp³-hybridized carbons (Fsp3) is 0.259. The highest BCUT2D eigenvalue weighted by Gasteiger charge is 2.34. The van der Waals surface area contributed by atoms with Crippen LogP contribution in [0.5, 0.6) is 11.5 Å². The zero-order valence-electron chi connectivity index (χ0n) is 18.9. The molecule has 168 valence electrons. The predicted octanol–water partition coefficient (Wildman–Crippen LogP) is 4.80. The smallest absolute Gasteiger partial charge is 0.162 e. The number of hydrogen-bond acceptors (Lipinski definition) is 6. The second-order valence-corrected chi connectivity index (χ2v) is 8.37. The number of fused-ring (bicyclic) bond motifs is 1. The zero-order chi connectivity index (χ0) is 22.8. The van der Waals surface area contributed by atoms with E-state index in [0.29, 0.717) is 24.3 Å². The van der Waals surface area contributed by atoms with Gasteiger partial charge in [-0.15, -0.1) is 0 Å². The van der Waals surface area contributed by atoms with Crippen LogP contribution in [0.15, 0.2) is 73.1 Å². The van der Waals surface area contributed by atoms with Gasteiger partial charge < -0.3 is 19.5 Å². The molecule has 4 aromatic rings. The van der Waals surface area contributed by atoms with Gasteiger partial charge in [0.2, 0.25) is 0 Å². The predicted molar refractivity (Wildman–Crippen MR) is 130 cm³/mol. The van der Waals surface area contributed by atoms with E-state index in [0.717, 1.165) is 46.5 Å². The Morgan fingerprint density at radius 1 is 0.879 bits per heavy atom. The van der Waals surface area contributed by atoms with Crippen molar-refractivity contribution < 1.29 is 14.6 Å². The maximum absolute atomic E-state index is 11.1. The molecule has 0 amide bonds. The van der Waals surface area contributed by atoms with Gasteiger partial charge >= 0.3 is 0 Å². The minimum atomic E-state index is -0.770. The molecule has 0 atom stereocenters. The maximum Gasteiger partial charge on any atom is 0.162 e. The van der Waals surface area contributed by atoms with Gasteiger partial charge in [-0.25, -0.2) is 4.98 Å². The lowest BCUT2D eigenvalue weighted by atomic mass is 9.84. The fourth-order valence-corrected chi connectivity index (χ4v) is 4.60. The van der Waals surface area contributed by atoms with Gasteiger partial charge in [-0.1, -0.05) is 30.3 Å². The molecule has 6 heteroatoms. The number of ether oxygens (including phenoxy) is 2. The first-order valence-corrected chi connectivity index (χ1v) is 11.1. The Hall–Kier alpha value is -3.64. The summed E-state index contributed by atoms with van der Waals surface area (Å²) < 4.78 is 10.9. The third kappa shape index (κ3) is 3.98. The lowest BCUT2D eigenvalue weighted by Gasteiger charge is -2.39. The van der Waals surface area contributed by atoms with E-state index in [9.17, 15) is 5.11 Å². The number of hydrogen-bond donors (Lipinski definition) is 1. The highest BCUT2D eigenvalue weighted by molar-refractivity contribution is 5.96. The molecule has 2 aromatic heterocycles. The van der Waals surface area contributed by atoms with Crippen molar-refractivity contribution in [2.75, 3.05) is 32.2 Å². The molecule has 6 nitrogen and oxygen atoms in total. The Morgan fingerprint density at radius 2 is 1.61 bits per heavy atom. The summed E-state index contributed by atoms with van der Waals surface area (Å²) in [4.78, 5) is 11.5. The molecule has 0 spiro atoms. The molecular weight excluding hydrogens is 414 g/mol. The lowest BCUT2D eigenvalue weighted by Crippen LogP contribution is -2.42. The molecule has 5 rings (SSSR count). The molecule has 0 saturated carbocycles. The van der Waals surface area contributed by atoms with Crippen molar-refractivity contribution in [3.05, 3.63) is 78.6 Å². The fourth-order valence-electron chi connectivity index (χ4n) is 4.60. The van der Waals surface area contributed by atoms with E-state index in [1.807, 2.05) is 54.7 Å². The van der Waals surface area contributed by atoms with Crippen molar-refractivity contribution in [3.63, 3.8) is 0 Å². The summed E-state index contributed by atoms with van der Waals surface area (Å²) in [6, 6.07) is 19.9. The lowest BCUT2D eigenvalue weighted by molar-refractivity contribution is 0.0116. The molecular formula is C27H27N3O3. The van der Waals surface area contributed by atoms with Gasteiger partial charge in [0.25, 0.3) is 0 Å². The van der Waals surface area contributed by atoms with Crippen LogP contribution in [-0.2, 0) is 5.60 Å². The second kappa shape index (κ2) is 8.71. The number of piperidine rings is 1. The molecule has 0 aliphatic carbocycles. The molecule has 2 aromatic carbocycles. The van der Waals surface area contributed by atoms with E-state index >= 15 is 0 Å². The van der Waals surface area contributed by atoms with Crippen LogP contribution in [0.4, 0.5) is 5.82 Å². The summed E-state index contributed by atoms with van der Waals surface area (Å²) in [6.07, 6.45) is 5.06. The van der Waals surface area contributed by atoms with Gasteiger partial charge in [-0.05, 0) is 48.2 Å². The number of anilines is 1. The summed E-state index contributed by atoms with van der Waals surface area (Å²) in [5, 5.41) is 12.1. The minimum absolute atomic E-state index is 0.656. The zero-order valence-corrected chi connectivity index (χ0v) is 18.9. The number of nitrogens with zero attached hydrogens (tertiary/aromatic N) is 3. The molecule has 1 N–H and O–H groups in total. The second-order valence-electron chi connectivity index (χ2n) is 8.37. The summed E-state index contributed by atoms with van der Waals surface area (Å²) >= 11 is 0. The van der Waals surface area contributed by atoms with Crippen molar-refractivity contribution in [2.24, 2.45) is 0 Å². The van der Waals surface area contributed by atoms with Crippen molar-refractivity contribution in [1.29, 1.82) is 0 Å². The molecule has 0 radical (unpaired) electrons. The quantitative estimate of drug-likeness (QED) is 0.480. The third-order valence-electron chi connectivity index (χ3n) is 6.53. The van der Waals surface area contributed by atoms with E-state index in [4.69, 9.17) is 14.5 Å². The molecule has 33 heavy (non-hydrogen) atoms. The SMILES string of the molecule is COc1cc2nccc(-c3ccc(N4CCC(O)(c5ccccc5)CC4)nc3)c2cc1OC. The molecule has 1 fully saturated rings. The van der Waals surface area contributed by atoms with E-state index in [1.54, 1.807) is 20.4 Å². The first-order valence-electron chi connectivity index (χ1n) is 11.1. The molecule has 0 bridgehead atoms. The van der Waals surface area contributed by atoms with Gasteiger partial charge in [0.15, 0.2) is 11.5 Å². The monoisotopic (exact) mass is 441 g/mol. The van der Waals surface area contributed by atoms with Crippen LogP contribution in [0.3, 0.4) is 0 Å². The Balaban J connectivity index is 1.38. The molecule has 1 aliphatic heterocycles. The van der Waals surface area contributed by atoms with Gasteiger partial charge in [0.1, 0.15) is 5.82 Å². The first kappa shape index (κ1) is 21.2. The van der Waals surface area contributed by atoms with Crippen LogP contribution < -0.4 is 14.4 Å². The Morgan fingerprint density at radius 3 is 2.27 bits per heavy atom. The van der Waals surface area contributed by atoms with Crippen LogP contribution in [0.25, 0.3) is 22.0 Å². The minimum Gasteiger partial charge on any atom is -0.493 e. The van der Waals surface area contributed by atoms with Crippen LogP contribution in [-0.4, -0.2) is 42.4 Å². The first-order chi connectivity index (χ1) is 16.1. The van der Waals surface area contributed by atoms with Crippen molar-refractivity contribution in [2.45, 2.75) is 18.4 Å². The van der Waals surface area contributed by atoms with Gasteiger partial charge in [0, 0.05) is 42.5 Å². The maximum atomic E-state index is 11.1. The normalized spacial score (nSPS) is 15.4. The van der Waals surface area contributed by atoms with Crippen LogP contribution in [0.1, 0.15) is 18.4 Å². The molecule has 3 heterocycles. The molecule has 1 saturated heterocycles. The summed E-state index contributed by atoms with van der Waals surface area (Å²) in [5.41, 5.74) is 3.11. The number of rotatable bonds is 5. The topological polar surface area (TPSA) is 67.7 Å². The van der Waals surface area contributed by atoms with E-state index in [-0.39, 0.29) is 0 Å². The van der Waals surface area contributed by atoms with Crippen molar-refractivity contribution in [3.8, 4) is 22.6 Å². The Kier molecular flexibility index (Phi) is 5.60. The number of benzene rings is 2. The van der Waals surface area contributed by atoms with Gasteiger partial charge in [-0.3, -0.25) is 4.98 Å². The Labute approximate surface area is 193 Å². The van der Waals surface area contributed by atoms with E-state index < -0.39 is 5.60 Å². The third-order valence-corrected chi connectivity index (χ3v) is 6.53. The highest BCUT2D eigenvalue weighted by atomic mass is 16.5. The Bertz CT molecular complexity index is 1250. The summed E-state index contributed by atoms with van der Waals surface area (Å²) in [5.74, 6) is 2.25. The number of methoxy groups -OCH3 is 2. The number of aromatic nitrogens is 2. The largest absolute Gasteiger partial charge is 0.493 e. The van der Waals surface area contributed by atoms with Crippen LogP contribution in [0, 0.1) is 0 Å². The van der Waals surface area contributed by atoms with Crippen LogP contribution >= 0.6 is 0 Å². The van der Waals surface area contributed by atoms with Crippen molar-refractivity contribution >= 4 is 16.7 Å². The summed E-state index contributed by atoms with van der Waals surface area (Å²) in [7, 11) is 3.25. The highest BCUT2D eigenvalue weighted by Crippen LogP contribution is 2.37. The van der Waals surface area contributed by atoms with E-state index in [2.05, 4.69) is 22.0 Å². The van der Waals surface area contributed by atoms with Gasteiger partial charge in [-0.2, -0.15) is 0 Å². The standard InChI is InChI=1S/C27H27N3O3/c1-32-24-16-22-21(10-13-28-23(22)17-25(24)33-2)19-8-9-26(29-18-19)30-14-11-27(31,12-15-30)20-6-4-3-5-7-20/h3-10,13,16-18,31H,11-12,14-15H2,1-2H3. The number of pyridine rings is 2. The average Bonchev–Trinajstić information content (AvgIpc) is 2.88. The average molecular weight is 442 g/mol. The molecule has 1 aliphatic rings. The van der Waals surface area contributed by atoms with Crippen molar-refractivity contribution in [1.82, 2.24) is 9.97 Å². The van der Waals surface area contributed by atoms with E-state index in [1.165, 1.54) is 0 Å². The number of aliphatic hydroxyl groups is 1. The summed E-state index contributed by atoms with van der Waals surface area (Å²) in [6.45, 7) is 1.51. The molecule has 0 unspecified atom stereocenters.